The number of halogens is 3. The molecule has 3 heterocycles. The largest absolute Gasteiger partial charge is 0.433 e. The Morgan fingerprint density at radius 1 is 1.15 bits per heavy atom. The van der Waals surface area contributed by atoms with Gasteiger partial charge in [0.25, 0.3) is 0 Å². The van der Waals surface area contributed by atoms with Crippen molar-refractivity contribution in [2.75, 3.05) is 11.9 Å². The molecule has 3 rings (SSSR count). The second-order valence-corrected chi connectivity index (χ2v) is 6.38. The van der Waals surface area contributed by atoms with Crippen molar-refractivity contribution in [1.29, 1.82) is 0 Å². The van der Waals surface area contributed by atoms with E-state index in [0.717, 1.165) is 10.9 Å². The highest BCUT2D eigenvalue weighted by Gasteiger charge is 2.34. The molecule has 0 aliphatic heterocycles. The van der Waals surface area contributed by atoms with Crippen LogP contribution in [-0.2, 0) is 6.18 Å². The number of nitrogens with one attached hydrogen (secondary N) is 1. The molecule has 26 heavy (non-hydrogen) atoms. The number of hydrogen-bond acceptors (Lipinski definition) is 6. The predicted octanol–water partition coefficient (Wildman–Crippen LogP) is 4.15. The van der Waals surface area contributed by atoms with E-state index in [-0.39, 0.29) is 30.0 Å². The van der Waals surface area contributed by atoms with Crippen molar-refractivity contribution >= 4 is 17.2 Å². The van der Waals surface area contributed by atoms with Gasteiger partial charge in [-0.15, -0.1) is 11.3 Å². The van der Waals surface area contributed by atoms with Crippen molar-refractivity contribution in [1.82, 2.24) is 15.0 Å². The average Bonchev–Trinajstić information content (AvgIpc) is 3.16. The summed E-state index contributed by atoms with van der Waals surface area (Å²) in [5.74, 6) is -0.0864. The van der Waals surface area contributed by atoms with Crippen molar-refractivity contribution in [3.8, 4) is 11.5 Å². The smallest absolute Gasteiger partial charge is 0.396 e. The Kier molecular flexibility index (Phi) is 5.48. The number of rotatable bonds is 6. The lowest BCUT2D eigenvalue weighted by atomic mass is 10.1. The molecule has 136 valence electrons. The molecule has 5 nitrogen and oxygen atoms in total. The minimum Gasteiger partial charge on any atom is -0.396 e. The summed E-state index contributed by atoms with van der Waals surface area (Å²) < 4.78 is 39.7. The second-order valence-electron chi connectivity index (χ2n) is 5.40. The quantitative estimate of drug-likeness (QED) is 0.672. The lowest BCUT2D eigenvalue weighted by Crippen LogP contribution is -2.16. The molecule has 9 heteroatoms. The normalized spacial score (nSPS) is 12.8. The summed E-state index contributed by atoms with van der Waals surface area (Å²) in [5, 5.41) is 14.1. The number of aliphatic hydroxyl groups is 1. The van der Waals surface area contributed by atoms with Crippen LogP contribution in [0.1, 0.15) is 23.0 Å². The summed E-state index contributed by atoms with van der Waals surface area (Å²) in [5.41, 5.74) is -0.805. The minimum absolute atomic E-state index is 0.0276. The molecule has 0 bridgehead atoms. The maximum Gasteiger partial charge on any atom is 0.433 e. The number of aliphatic hydroxyl groups excluding tert-OH is 1. The first kappa shape index (κ1) is 18.3. The van der Waals surface area contributed by atoms with Crippen LogP contribution in [0.2, 0.25) is 0 Å². The third-order valence-corrected chi connectivity index (χ3v) is 4.52. The third kappa shape index (κ3) is 4.36. The summed E-state index contributed by atoms with van der Waals surface area (Å²) in [7, 11) is 0. The molecule has 0 saturated carbocycles. The molecule has 0 saturated heterocycles. The molecule has 0 radical (unpaired) electrons. The molecular formula is C17H15F3N4OS. The van der Waals surface area contributed by atoms with Crippen molar-refractivity contribution in [3.05, 3.63) is 58.5 Å². The zero-order valence-corrected chi connectivity index (χ0v) is 14.3. The Bertz CT molecular complexity index is 841. The summed E-state index contributed by atoms with van der Waals surface area (Å²) in [4.78, 5) is 12.7. The maximum atomic E-state index is 13.2. The van der Waals surface area contributed by atoms with Crippen LogP contribution in [0.25, 0.3) is 11.5 Å². The van der Waals surface area contributed by atoms with Crippen LogP contribution >= 0.6 is 11.3 Å². The Hall–Kier alpha value is -2.52. The van der Waals surface area contributed by atoms with Gasteiger partial charge in [0, 0.05) is 23.7 Å². The first-order valence-corrected chi connectivity index (χ1v) is 8.64. The molecule has 1 atom stereocenters. The van der Waals surface area contributed by atoms with Gasteiger partial charge < -0.3 is 10.4 Å². The fraction of sp³-hybridized carbons (Fsp3) is 0.235. The van der Waals surface area contributed by atoms with E-state index in [1.165, 1.54) is 17.5 Å². The molecule has 0 amide bonds. The summed E-state index contributed by atoms with van der Waals surface area (Å²) >= 11 is 1.45. The molecule has 0 aromatic carbocycles. The van der Waals surface area contributed by atoms with E-state index in [1.54, 1.807) is 18.2 Å². The van der Waals surface area contributed by atoms with Crippen LogP contribution in [0, 0.1) is 0 Å². The highest BCUT2D eigenvalue weighted by atomic mass is 32.1. The van der Waals surface area contributed by atoms with Gasteiger partial charge in [0.1, 0.15) is 11.5 Å². The fourth-order valence-corrected chi connectivity index (χ4v) is 3.17. The number of thiophene rings is 1. The van der Waals surface area contributed by atoms with E-state index in [9.17, 15) is 18.3 Å². The van der Waals surface area contributed by atoms with Gasteiger partial charge in [-0.1, -0.05) is 12.1 Å². The van der Waals surface area contributed by atoms with Crippen molar-refractivity contribution < 1.29 is 18.3 Å². The fourth-order valence-electron chi connectivity index (χ4n) is 2.36. The monoisotopic (exact) mass is 380 g/mol. The van der Waals surface area contributed by atoms with E-state index >= 15 is 0 Å². The van der Waals surface area contributed by atoms with Crippen LogP contribution in [0.3, 0.4) is 0 Å². The molecule has 0 fully saturated rings. The van der Waals surface area contributed by atoms with Gasteiger partial charge in [0.2, 0.25) is 0 Å². The Morgan fingerprint density at radius 2 is 2.00 bits per heavy atom. The van der Waals surface area contributed by atoms with Crippen molar-refractivity contribution in [3.63, 3.8) is 0 Å². The molecular weight excluding hydrogens is 365 g/mol. The maximum absolute atomic E-state index is 13.2. The molecule has 3 aromatic rings. The number of pyridine rings is 1. The van der Waals surface area contributed by atoms with Gasteiger partial charge in [-0.25, -0.2) is 9.97 Å². The van der Waals surface area contributed by atoms with Crippen LogP contribution in [0.4, 0.5) is 19.0 Å². The van der Waals surface area contributed by atoms with E-state index in [2.05, 4.69) is 20.3 Å². The van der Waals surface area contributed by atoms with Crippen LogP contribution in [-0.4, -0.2) is 26.7 Å². The van der Waals surface area contributed by atoms with Crippen molar-refractivity contribution in [2.45, 2.75) is 18.6 Å². The number of anilines is 1. The molecule has 0 spiro atoms. The van der Waals surface area contributed by atoms with Gasteiger partial charge in [-0.2, -0.15) is 13.2 Å². The standard InChI is InChI=1S/C17H15F3N4OS/c18-17(19,20)14-10-15(22-11(6-8-25)13-5-3-9-26-13)24-16(23-14)12-4-1-2-7-21-12/h1-5,7,9-11,25H,6,8H2,(H,22,23,24). The second kappa shape index (κ2) is 7.79. The Balaban J connectivity index is 2.00. The third-order valence-electron chi connectivity index (χ3n) is 3.54. The van der Waals surface area contributed by atoms with Gasteiger partial charge in [0.15, 0.2) is 11.5 Å². The summed E-state index contributed by atoms with van der Waals surface area (Å²) in [6, 6.07) is 9.06. The summed E-state index contributed by atoms with van der Waals surface area (Å²) in [6.45, 7) is -0.111. The number of hydrogen-bond donors (Lipinski definition) is 2. The zero-order chi connectivity index (χ0) is 18.6. The molecule has 3 aromatic heterocycles. The van der Waals surface area contributed by atoms with E-state index in [0.29, 0.717) is 6.42 Å². The van der Waals surface area contributed by atoms with Gasteiger partial charge in [-0.3, -0.25) is 4.98 Å². The molecule has 0 aliphatic rings. The Labute approximate surface area is 151 Å². The van der Waals surface area contributed by atoms with Gasteiger partial charge in [-0.05, 0) is 30.0 Å². The SMILES string of the molecule is OCCC(Nc1cc(C(F)(F)F)nc(-c2ccccn2)n1)c1cccs1. The molecule has 0 aliphatic carbocycles. The number of aromatic nitrogens is 3. The first-order valence-electron chi connectivity index (χ1n) is 7.76. The minimum atomic E-state index is -4.61. The highest BCUT2D eigenvalue weighted by molar-refractivity contribution is 7.10. The van der Waals surface area contributed by atoms with E-state index in [4.69, 9.17) is 0 Å². The predicted molar refractivity (Wildman–Crippen MR) is 92.7 cm³/mol. The number of alkyl halides is 3. The van der Waals surface area contributed by atoms with E-state index in [1.807, 2.05) is 17.5 Å². The van der Waals surface area contributed by atoms with Gasteiger partial charge >= 0.3 is 6.18 Å². The summed E-state index contributed by atoms with van der Waals surface area (Å²) in [6.07, 6.45) is -2.81. The molecule has 1 unspecified atom stereocenters. The first-order chi connectivity index (χ1) is 12.5. The van der Waals surface area contributed by atoms with Crippen molar-refractivity contribution in [2.24, 2.45) is 0 Å². The topological polar surface area (TPSA) is 70.9 Å². The lowest BCUT2D eigenvalue weighted by molar-refractivity contribution is -0.141. The number of nitrogens with zero attached hydrogens (tertiary/aromatic N) is 3. The molecule has 2 N–H and O–H groups in total. The lowest BCUT2D eigenvalue weighted by Gasteiger charge is -2.18. The van der Waals surface area contributed by atoms with Crippen LogP contribution in [0.15, 0.2) is 48.0 Å². The van der Waals surface area contributed by atoms with Crippen LogP contribution < -0.4 is 5.32 Å². The average molecular weight is 380 g/mol. The highest BCUT2D eigenvalue weighted by Crippen LogP contribution is 2.32. The Morgan fingerprint density at radius 3 is 2.62 bits per heavy atom. The van der Waals surface area contributed by atoms with E-state index < -0.39 is 11.9 Å². The van der Waals surface area contributed by atoms with Crippen LogP contribution in [0.5, 0.6) is 0 Å². The zero-order valence-electron chi connectivity index (χ0n) is 13.4. The van der Waals surface area contributed by atoms with Gasteiger partial charge in [0.05, 0.1) is 6.04 Å².